The van der Waals surface area contributed by atoms with Crippen molar-refractivity contribution in [2.24, 2.45) is 5.73 Å². The largest absolute Gasteiger partial charge is 0.395 e. The van der Waals surface area contributed by atoms with Crippen molar-refractivity contribution in [2.75, 3.05) is 20.2 Å². The average molecular weight is 212 g/mol. The summed E-state index contributed by atoms with van der Waals surface area (Å²) in [5, 5.41) is 8.76. The molecular weight excluding hydrogens is 195 g/mol. The average Bonchev–Trinajstić information content (AvgIpc) is 2.18. The van der Waals surface area contributed by atoms with Crippen LogP contribution in [0.2, 0.25) is 0 Å². The van der Waals surface area contributed by atoms with Gasteiger partial charge in [-0.3, -0.25) is 4.90 Å². The van der Waals surface area contributed by atoms with Gasteiger partial charge in [0.05, 0.1) is 6.61 Å². The maximum Gasteiger partial charge on any atom is 0.123 e. The van der Waals surface area contributed by atoms with Crippen LogP contribution in [0.4, 0.5) is 4.39 Å². The van der Waals surface area contributed by atoms with E-state index in [1.165, 1.54) is 12.1 Å². The van der Waals surface area contributed by atoms with Gasteiger partial charge in [0.2, 0.25) is 0 Å². The minimum atomic E-state index is -0.250. The minimum Gasteiger partial charge on any atom is -0.395 e. The molecule has 0 atom stereocenters. The molecule has 0 bridgehead atoms. The van der Waals surface area contributed by atoms with E-state index in [1.807, 2.05) is 11.9 Å². The Hall–Kier alpha value is -0.970. The molecule has 0 saturated heterocycles. The summed E-state index contributed by atoms with van der Waals surface area (Å²) < 4.78 is 13.0. The molecule has 0 unspecified atom stereocenters. The third kappa shape index (κ3) is 3.58. The first-order valence-corrected chi connectivity index (χ1v) is 4.94. The van der Waals surface area contributed by atoms with Crippen LogP contribution in [0, 0.1) is 5.82 Å². The van der Waals surface area contributed by atoms with Crippen LogP contribution in [0.5, 0.6) is 0 Å². The van der Waals surface area contributed by atoms with E-state index >= 15 is 0 Å². The van der Waals surface area contributed by atoms with Crippen LogP contribution < -0.4 is 5.73 Å². The van der Waals surface area contributed by atoms with E-state index in [9.17, 15) is 4.39 Å². The summed E-state index contributed by atoms with van der Waals surface area (Å²) in [5.41, 5.74) is 7.39. The van der Waals surface area contributed by atoms with Gasteiger partial charge in [0, 0.05) is 19.6 Å². The molecule has 1 rings (SSSR count). The van der Waals surface area contributed by atoms with Crippen molar-refractivity contribution >= 4 is 0 Å². The molecule has 0 spiro atoms. The number of benzene rings is 1. The second kappa shape index (κ2) is 5.80. The van der Waals surface area contributed by atoms with Crippen molar-refractivity contribution in [2.45, 2.75) is 13.1 Å². The number of aliphatic hydroxyl groups excluding tert-OH is 1. The predicted molar refractivity (Wildman–Crippen MR) is 57.7 cm³/mol. The Morgan fingerprint density at radius 3 is 2.73 bits per heavy atom. The number of hydrogen-bond acceptors (Lipinski definition) is 3. The number of nitrogens with two attached hydrogens (primary N) is 1. The maximum atomic E-state index is 13.0. The third-order valence-corrected chi connectivity index (χ3v) is 2.31. The van der Waals surface area contributed by atoms with Gasteiger partial charge in [-0.15, -0.1) is 0 Å². The number of aliphatic hydroxyl groups is 1. The summed E-state index contributed by atoms with van der Waals surface area (Å²) in [6.45, 7) is 1.68. The lowest BCUT2D eigenvalue weighted by molar-refractivity contribution is 0.217. The molecule has 0 aliphatic carbocycles. The molecule has 0 fully saturated rings. The minimum absolute atomic E-state index is 0.101. The molecule has 1 aromatic carbocycles. The summed E-state index contributed by atoms with van der Waals surface area (Å²) in [6, 6.07) is 4.62. The predicted octanol–water partition coefficient (Wildman–Crippen LogP) is 0.709. The fraction of sp³-hybridized carbons (Fsp3) is 0.455. The summed E-state index contributed by atoms with van der Waals surface area (Å²) >= 11 is 0. The first-order valence-electron chi connectivity index (χ1n) is 4.94. The van der Waals surface area contributed by atoms with Crippen LogP contribution in [0.1, 0.15) is 11.1 Å². The first kappa shape index (κ1) is 12.1. The smallest absolute Gasteiger partial charge is 0.123 e. The van der Waals surface area contributed by atoms with E-state index in [2.05, 4.69) is 0 Å². The van der Waals surface area contributed by atoms with E-state index in [0.29, 0.717) is 19.6 Å². The Balaban J connectivity index is 2.77. The Labute approximate surface area is 89.3 Å². The molecule has 0 heterocycles. The van der Waals surface area contributed by atoms with E-state index < -0.39 is 0 Å². The maximum absolute atomic E-state index is 13.0. The molecule has 0 aliphatic rings. The molecule has 1 aromatic rings. The number of rotatable bonds is 5. The van der Waals surface area contributed by atoms with Gasteiger partial charge < -0.3 is 10.8 Å². The van der Waals surface area contributed by atoms with Gasteiger partial charge in [-0.1, -0.05) is 6.07 Å². The van der Waals surface area contributed by atoms with Crippen molar-refractivity contribution < 1.29 is 9.50 Å². The highest BCUT2D eigenvalue weighted by molar-refractivity contribution is 5.27. The van der Waals surface area contributed by atoms with Crippen LogP contribution >= 0.6 is 0 Å². The Morgan fingerprint density at radius 2 is 2.13 bits per heavy atom. The molecule has 0 aromatic heterocycles. The highest BCUT2D eigenvalue weighted by Gasteiger charge is 2.05. The van der Waals surface area contributed by atoms with Crippen LogP contribution in [-0.4, -0.2) is 30.2 Å². The lowest BCUT2D eigenvalue weighted by atomic mass is 10.1. The van der Waals surface area contributed by atoms with Gasteiger partial charge in [-0.05, 0) is 30.3 Å². The number of nitrogens with zero attached hydrogens (tertiary/aromatic N) is 1. The zero-order valence-electron chi connectivity index (χ0n) is 8.91. The zero-order chi connectivity index (χ0) is 11.3. The summed E-state index contributed by atoms with van der Waals surface area (Å²) in [6.07, 6.45) is 0. The summed E-state index contributed by atoms with van der Waals surface area (Å²) in [7, 11) is 1.88. The van der Waals surface area contributed by atoms with Crippen LogP contribution in [-0.2, 0) is 13.1 Å². The quantitative estimate of drug-likeness (QED) is 0.755. The topological polar surface area (TPSA) is 49.5 Å². The van der Waals surface area contributed by atoms with Crippen LogP contribution in [0.15, 0.2) is 18.2 Å². The molecule has 3 N–H and O–H groups in total. The molecule has 15 heavy (non-hydrogen) atoms. The van der Waals surface area contributed by atoms with Gasteiger partial charge in [0.25, 0.3) is 0 Å². The normalized spacial score (nSPS) is 11.0. The molecular formula is C11H17FN2O. The molecule has 0 amide bonds. The number of likely N-dealkylation sites (N-methyl/N-ethyl adjacent to an activating group) is 1. The summed E-state index contributed by atoms with van der Waals surface area (Å²) in [5.74, 6) is -0.250. The molecule has 84 valence electrons. The van der Waals surface area contributed by atoms with E-state index in [4.69, 9.17) is 10.8 Å². The first-order chi connectivity index (χ1) is 7.17. The van der Waals surface area contributed by atoms with Crippen molar-refractivity contribution in [3.8, 4) is 0 Å². The summed E-state index contributed by atoms with van der Waals surface area (Å²) in [4.78, 5) is 1.92. The van der Waals surface area contributed by atoms with Crippen molar-refractivity contribution in [3.05, 3.63) is 35.1 Å². The lowest BCUT2D eigenvalue weighted by Gasteiger charge is -2.17. The molecule has 0 saturated carbocycles. The highest BCUT2D eigenvalue weighted by Crippen LogP contribution is 2.12. The van der Waals surface area contributed by atoms with Gasteiger partial charge in [0.1, 0.15) is 5.82 Å². The fourth-order valence-electron chi connectivity index (χ4n) is 1.48. The Bertz CT molecular complexity index is 317. The van der Waals surface area contributed by atoms with Crippen LogP contribution in [0.3, 0.4) is 0 Å². The monoisotopic (exact) mass is 212 g/mol. The molecule has 0 aliphatic heterocycles. The second-order valence-electron chi connectivity index (χ2n) is 3.58. The van der Waals surface area contributed by atoms with Gasteiger partial charge >= 0.3 is 0 Å². The highest BCUT2D eigenvalue weighted by atomic mass is 19.1. The van der Waals surface area contributed by atoms with Gasteiger partial charge in [-0.2, -0.15) is 0 Å². The Kier molecular flexibility index (Phi) is 4.68. The zero-order valence-corrected chi connectivity index (χ0v) is 8.91. The number of hydrogen-bond donors (Lipinski definition) is 2. The second-order valence-corrected chi connectivity index (χ2v) is 3.58. The number of halogens is 1. The van der Waals surface area contributed by atoms with Crippen molar-refractivity contribution in [1.82, 2.24) is 4.90 Å². The van der Waals surface area contributed by atoms with Crippen LogP contribution in [0.25, 0.3) is 0 Å². The van der Waals surface area contributed by atoms with Crippen molar-refractivity contribution in [3.63, 3.8) is 0 Å². The van der Waals surface area contributed by atoms with Gasteiger partial charge in [0.15, 0.2) is 0 Å². The SMILES string of the molecule is CN(CCO)Cc1cc(F)ccc1CN. The lowest BCUT2D eigenvalue weighted by Crippen LogP contribution is -2.22. The molecule has 4 heteroatoms. The Morgan fingerprint density at radius 1 is 1.40 bits per heavy atom. The standard InChI is InChI=1S/C11H17FN2O/c1-14(4-5-15)8-10-6-11(12)3-2-9(10)7-13/h2-3,6,15H,4-5,7-8,13H2,1H3. The van der Waals surface area contributed by atoms with E-state index in [0.717, 1.165) is 11.1 Å². The van der Waals surface area contributed by atoms with E-state index in [-0.39, 0.29) is 12.4 Å². The van der Waals surface area contributed by atoms with Crippen molar-refractivity contribution in [1.29, 1.82) is 0 Å². The molecule has 0 radical (unpaired) electrons. The van der Waals surface area contributed by atoms with E-state index in [1.54, 1.807) is 6.07 Å². The third-order valence-electron chi connectivity index (χ3n) is 2.31. The fourth-order valence-corrected chi connectivity index (χ4v) is 1.48. The van der Waals surface area contributed by atoms with Gasteiger partial charge in [-0.25, -0.2) is 4.39 Å². The molecule has 3 nitrogen and oxygen atoms in total.